The number of likely N-dealkylation sites (tertiary alicyclic amines) is 1. The lowest BCUT2D eigenvalue weighted by molar-refractivity contribution is -0.142. The Balaban J connectivity index is 1.89. The number of carboxylic acid groups (broad SMARTS) is 1. The molecule has 9 heteroatoms. The van der Waals surface area contributed by atoms with Gasteiger partial charge in [-0.05, 0) is 32.3 Å². The van der Waals surface area contributed by atoms with Crippen LogP contribution in [0.1, 0.15) is 48.7 Å². The van der Waals surface area contributed by atoms with Gasteiger partial charge >= 0.3 is 11.9 Å². The van der Waals surface area contributed by atoms with Gasteiger partial charge in [-0.1, -0.05) is 11.6 Å². The van der Waals surface area contributed by atoms with Crippen LogP contribution in [0.25, 0.3) is 0 Å². The molecule has 0 aromatic carbocycles. The van der Waals surface area contributed by atoms with Gasteiger partial charge in [-0.15, -0.1) is 0 Å². The summed E-state index contributed by atoms with van der Waals surface area (Å²) in [4.78, 5) is 43.8. The van der Waals surface area contributed by atoms with Crippen LogP contribution in [-0.2, 0) is 20.9 Å². The zero-order valence-electron chi connectivity index (χ0n) is 15.8. The molecular weight excluding hydrogens is 386 g/mol. The molecule has 2 fully saturated rings. The molecule has 1 amide bonds. The van der Waals surface area contributed by atoms with Crippen molar-refractivity contribution in [3.05, 3.63) is 22.3 Å². The molecule has 1 N–H and O–H groups in total. The number of hydrogen-bond acceptors (Lipinski definition) is 6. The summed E-state index contributed by atoms with van der Waals surface area (Å²) in [6, 6.07) is 1.54. The topological polar surface area (TPSA) is 100 Å². The zero-order valence-corrected chi connectivity index (χ0v) is 16.6. The van der Waals surface area contributed by atoms with Crippen molar-refractivity contribution in [3.8, 4) is 0 Å². The fourth-order valence-electron chi connectivity index (χ4n) is 3.63. The van der Waals surface area contributed by atoms with Crippen LogP contribution in [0.3, 0.4) is 0 Å². The molecule has 1 aromatic rings. The van der Waals surface area contributed by atoms with Crippen molar-refractivity contribution in [2.45, 2.75) is 39.2 Å². The number of halogens is 1. The molecule has 3 rings (SSSR count). The smallest absolute Gasteiger partial charge is 0.340 e. The van der Waals surface area contributed by atoms with Crippen molar-refractivity contribution in [2.24, 2.45) is 5.92 Å². The minimum atomic E-state index is -0.787. The average Bonchev–Trinajstić information content (AvgIpc) is 3.07. The predicted molar refractivity (Wildman–Crippen MR) is 102 cm³/mol. The molecule has 0 unspecified atom stereocenters. The van der Waals surface area contributed by atoms with Crippen LogP contribution in [0.5, 0.6) is 0 Å². The summed E-state index contributed by atoms with van der Waals surface area (Å²) in [5, 5.41) is 9.49. The highest BCUT2D eigenvalue weighted by Crippen LogP contribution is 2.31. The minimum Gasteiger partial charge on any atom is -0.481 e. The Bertz CT molecular complexity index is 777. The SMILES string of the molecule is CCOC(=O)c1cc(Cl)c(N2CCC(C(=O)O)CC2)nc1CN1CCCC1=O. The van der Waals surface area contributed by atoms with Crippen molar-refractivity contribution in [2.75, 3.05) is 31.1 Å². The zero-order chi connectivity index (χ0) is 20.3. The van der Waals surface area contributed by atoms with Crippen LogP contribution < -0.4 is 4.90 Å². The molecule has 0 saturated carbocycles. The van der Waals surface area contributed by atoms with E-state index >= 15 is 0 Å². The third kappa shape index (κ3) is 4.38. The van der Waals surface area contributed by atoms with Gasteiger partial charge in [0.1, 0.15) is 5.82 Å². The maximum Gasteiger partial charge on any atom is 0.340 e. The number of amides is 1. The molecule has 28 heavy (non-hydrogen) atoms. The number of carbonyl (C=O) groups is 3. The molecule has 1 aromatic heterocycles. The number of aliphatic carboxylic acids is 1. The van der Waals surface area contributed by atoms with Crippen molar-refractivity contribution in [3.63, 3.8) is 0 Å². The van der Waals surface area contributed by atoms with Crippen LogP contribution in [0, 0.1) is 5.92 Å². The highest BCUT2D eigenvalue weighted by atomic mass is 35.5. The van der Waals surface area contributed by atoms with Crippen molar-refractivity contribution in [1.82, 2.24) is 9.88 Å². The van der Waals surface area contributed by atoms with E-state index in [2.05, 4.69) is 4.98 Å². The molecule has 3 heterocycles. The van der Waals surface area contributed by atoms with Crippen LogP contribution >= 0.6 is 11.6 Å². The molecule has 0 aliphatic carbocycles. The number of carbonyl (C=O) groups excluding carboxylic acids is 2. The summed E-state index contributed by atoms with van der Waals surface area (Å²) in [7, 11) is 0. The normalized spacial score (nSPS) is 17.9. The number of anilines is 1. The first-order chi connectivity index (χ1) is 13.4. The summed E-state index contributed by atoms with van der Waals surface area (Å²) in [6.45, 7) is 3.84. The number of hydrogen-bond donors (Lipinski definition) is 1. The quantitative estimate of drug-likeness (QED) is 0.719. The Morgan fingerprint density at radius 3 is 2.61 bits per heavy atom. The lowest BCUT2D eigenvalue weighted by atomic mass is 9.97. The molecule has 8 nitrogen and oxygen atoms in total. The van der Waals surface area contributed by atoms with Gasteiger partial charge in [-0.25, -0.2) is 9.78 Å². The number of carboxylic acids is 1. The van der Waals surface area contributed by atoms with E-state index in [0.717, 1.165) is 6.42 Å². The molecule has 2 saturated heterocycles. The van der Waals surface area contributed by atoms with E-state index in [1.807, 2.05) is 4.90 Å². The van der Waals surface area contributed by atoms with E-state index in [9.17, 15) is 19.5 Å². The molecule has 2 aliphatic heterocycles. The minimum absolute atomic E-state index is 0.0374. The van der Waals surface area contributed by atoms with Gasteiger partial charge in [-0.3, -0.25) is 9.59 Å². The van der Waals surface area contributed by atoms with Crippen molar-refractivity contribution in [1.29, 1.82) is 0 Å². The van der Waals surface area contributed by atoms with E-state index in [0.29, 0.717) is 55.4 Å². The lowest BCUT2D eigenvalue weighted by Gasteiger charge is -2.32. The number of pyridine rings is 1. The van der Waals surface area contributed by atoms with Gasteiger partial charge in [0, 0.05) is 26.1 Å². The largest absolute Gasteiger partial charge is 0.481 e. The summed E-state index contributed by atoms with van der Waals surface area (Å²) in [5.74, 6) is -1.12. The lowest BCUT2D eigenvalue weighted by Crippen LogP contribution is -2.37. The summed E-state index contributed by atoms with van der Waals surface area (Å²) < 4.78 is 5.12. The molecule has 0 radical (unpaired) electrons. The van der Waals surface area contributed by atoms with E-state index in [4.69, 9.17) is 16.3 Å². The van der Waals surface area contributed by atoms with Crippen molar-refractivity contribution >= 4 is 35.3 Å². The first-order valence-corrected chi connectivity index (χ1v) is 9.90. The van der Waals surface area contributed by atoms with Crippen LogP contribution in [0.15, 0.2) is 6.07 Å². The Morgan fingerprint density at radius 2 is 2.04 bits per heavy atom. The average molecular weight is 410 g/mol. The van der Waals surface area contributed by atoms with E-state index < -0.39 is 11.9 Å². The van der Waals surface area contributed by atoms with Crippen molar-refractivity contribution < 1.29 is 24.2 Å². The maximum absolute atomic E-state index is 12.4. The molecule has 152 valence electrons. The maximum atomic E-state index is 12.4. The molecular formula is C19H24ClN3O5. The third-order valence-electron chi connectivity index (χ3n) is 5.19. The van der Waals surface area contributed by atoms with E-state index in [1.165, 1.54) is 0 Å². The Kier molecular flexibility index (Phi) is 6.39. The molecule has 0 atom stereocenters. The van der Waals surface area contributed by atoms with Crippen LogP contribution in [-0.4, -0.2) is 59.1 Å². The monoisotopic (exact) mass is 409 g/mol. The second-order valence-electron chi connectivity index (χ2n) is 7.03. The highest BCUT2D eigenvalue weighted by molar-refractivity contribution is 6.33. The third-order valence-corrected chi connectivity index (χ3v) is 5.47. The number of aromatic nitrogens is 1. The number of rotatable bonds is 6. The summed E-state index contributed by atoms with van der Waals surface area (Å²) in [6.07, 6.45) is 2.30. The van der Waals surface area contributed by atoms with Gasteiger partial charge in [0.15, 0.2) is 0 Å². The van der Waals surface area contributed by atoms with Crippen LogP contribution in [0.2, 0.25) is 5.02 Å². The number of nitrogens with zero attached hydrogens (tertiary/aromatic N) is 3. The van der Waals surface area contributed by atoms with Crippen LogP contribution in [0.4, 0.5) is 5.82 Å². The standard InChI is InChI=1S/C19H24ClN3O5/c1-2-28-19(27)13-10-14(20)17(22-8-5-12(6-9-22)18(25)26)21-15(13)11-23-7-3-4-16(23)24/h10,12H,2-9,11H2,1H3,(H,25,26). The predicted octanol–water partition coefficient (Wildman–Crippen LogP) is 2.34. The van der Waals surface area contributed by atoms with Gasteiger partial charge in [0.2, 0.25) is 5.91 Å². The fraction of sp³-hybridized carbons (Fsp3) is 0.579. The van der Waals surface area contributed by atoms with Gasteiger partial charge < -0.3 is 19.6 Å². The molecule has 2 aliphatic rings. The fourth-order valence-corrected chi connectivity index (χ4v) is 3.91. The Hall–Kier alpha value is -2.35. The Labute approximate surface area is 168 Å². The Morgan fingerprint density at radius 1 is 1.32 bits per heavy atom. The number of ether oxygens (including phenoxy) is 1. The molecule has 0 bridgehead atoms. The summed E-state index contributed by atoms with van der Waals surface area (Å²) in [5.41, 5.74) is 0.712. The highest BCUT2D eigenvalue weighted by Gasteiger charge is 2.29. The van der Waals surface area contributed by atoms with Gasteiger partial charge in [0.05, 0.1) is 35.3 Å². The summed E-state index contributed by atoms with van der Waals surface area (Å²) >= 11 is 6.41. The first-order valence-electron chi connectivity index (χ1n) is 9.52. The number of esters is 1. The van der Waals surface area contributed by atoms with Gasteiger partial charge in [0.25, 0.3) is 0 Å². The second kappa shape index (κ2) is 8.77. The molecule has 0 spiro atoms. The second-order valence-corrected chi connectivity index (χ2v) is 7.43. The number of piperidine rings is 1. The van der Waals surface area contributed by atoms with E-state index in [1.54, 1.807) is 17.9 Å². The van der Waals surface area contributed by atoms with E-state index in [-0.39, 0.29) is 30.5 Å². The van der Waals surface area contributed by atoms with Gasteiger partial charge in [-0.2, -0.15) is 0 Å². The first kappa shape index (κ1) is 20.4.